The summed E-state index contributed by atoms with van der Waals surface area (Å²) >= 11 is 8.66. The fourth-order valence-electron chi connectivity index (χ4n) is 0.650. The molecule has 0 aliphatic carbocycles. The lowest BCUT2D eigenvalue weighted by molar-refractivity contribution is 0.0792. The molecule has 0 amide bonds. The topological polar surface area (TPSA) is 22.1 Å². The summed E-state index contributed by atoms with van der Waals surface area (Å²) in [7, 11) is 0. The highest BCUT2D eigenvalue weighted by molar-refractivity contribution is 9.10. The molecule has 0 aromatic carbocycles. The Hall–Kier alpha value is -0.420. The Kier molecular flexibility index (Phi) is 3.87. The minimum atomic E-state index is -2.51. The molecule has 1 heterocycles. The van der Waals surface area contributed by atoms with Crippen LogP contribution in [0.3, 0.4) is 0 Å². The van der Waals surface area contributed by atoms with Gasteiger partial charge in [0.25, 0.3) is 6.43 Å². The number of hydrogen-bond donors (Lipinski definition) is 0. The van der Waals surface area contributed by atoms with Gasteiger partial charge in [0.2, 0.25) is 5.88 Å². The molecule has 1 aromatic rings. The van der Waals surface area contributed by atoms with Crippen molar-refractivity contribution < 1.29 is 13.5 Å². The van der Waals surface area contributed by atoms with Crippen molar-refractivity contribution in [3.63, 3.8) is 0 Å². The highest BCUT2D eigenvalue weighted by Gasteiger charge is 2.07. The third kappa shape index (κ3) is 3.44. The number of nitrogens with zero attached hydrogens (tertiary/aromatic N) is 1. The molecule has 0 atom stereocenters. The quantitative estimate of drug-likeness (QED) is 0.843. The van der Waals surface area contributed by atoms with Crippen molar-refractivity contribution in [3.8, 4) is 5.88 Å². The van der Waals surface area contributed by atoms with Gasteiger partial charge in [0.15, 0.2) is 6.61 Å². The molecule has 6 heteroatoms. The Balaban J connectivity index is 2.67. The highest BCUT2D eigenvalue weighted by atomic mass is 79.9. The van der Waals surface area contributed by atoms with Gasteiger partial charge in [0.05, 0.1) is 9.50 Å². The smallest absolute Gasteiger partial charge is 0.272 e. The number of hydrogen-bond acceptors (Lipinski definition) is 2. The van der Waals surface area contributed by atoms with E-state index in [2.05, 4.69) is 25.7 Å². The molecule has 0 saturated carbocycles. The molecule has 1 rings (SSSR count). The molecule has 0 radical (unpaired) electrons. The Morgan fingerprint density at radius 1 is 1.62 bits per heavy atom. The van der Waals surface area contributed by atoms with Gasteiger partial charge in [-0.1, -0.05) is 11.6 Å². The molecule has 2 nitrogen and oxygen atoms in total. The summed E-state index contributed by atoms with van der Waals surface area (Å²) in [5, 5.41) is 0.413. The summed E-state index contributed by atoms with van der Waals surface area (Å²) in [6.45, 7) is -0.673. The van der Waals surface area contributed by atoms with Crippen LogP contribution in [-0.4, -0.2) is 18.0 Å². The Bertz CT molecular complexity index is 298. The second-order valence-corrected chi connectivity index (χ2v) is 3.43. The van der Waals surface area contributed by atoms with Crippen LogP contribution in [0.5, 0.6) is 5.88 Å². The molecule has 72 valence electrons. The van der Waals surface area contributed by atoms with Crippen LogP contribution in [0, 0.1) is 0 Å². The molecular weight excluding hydrogens is 267 g/mol. The van der Waals surface area contributed by atoms with Gasteiger partial charge in [-0.3, -0.25) is 0 Å². The van der Waals surface area contributed by atoms with E-state index in [4.69, 9.17) is 11.6 Å². The Morgan fingerprint density at radius 3 is 2.85 bits per heavy atom. The molecule has 0 unspecified atom stereocenters. The SMILES string of the molecule is FC(F)COc1ncc(Cl)cc1Br. The lowest BCUT2D eigenvalue weighted by Crippen LogP contribution is -2.08. The molecule has 0 aliphatic rings. The van der Waals surface area contributed by atoms with E-state index < -0.39 is 13.0 Å². The monoisotopic (exact) mass is 271 g/mol. The van der Waals surface area contributed by atoms with E-state index in [1.807, 2.05) is 0 Å². The van der Waals surface area contributed by atoms with Crippen molar-refractivity contribution >= 4 is 27.5 Å². The number of pyridine rings is 1. The van der Waals surface area contributed by atoms with Crippen LogP contribution >= 0.6 is 27.5 Å². The third-order valence-corrected chi connectivity index (χ3v) is 1.89. The van der Waals surface area contributed by atoms with Gasteiger partial charge >= 0.3 is 0 Å². The van der Waals surface area contributed by atoms with Crippen molar-refractivity contribution in [3.05, 3.63) is 21.8 Å². The second-order valence-electron chi connectivity index (χ2n) is 2.14. The number of rotatable bonds is 3. The fraction of sp³-hybridized carbons (Fsp3) is 0.286. The van der Waals surface area contributed by atoms with Crippen molar-refractivity contribution in [2.24, 2.45) is 0 Å². The van der Waals surface area contributed by atoms with Crippen LogP contribution in [0.1, 0.15) is 0 Å². The fourth-order valence-corrected chi connectivity index (χ4v) is 1.40. The average molecular weight is 272 g/mol. The van der Waals surface area contributed by atoms with Gasteiger partial charge < -0.3 is 4.74 Å². The predicted molar refractivity (Wildman–Crippen MR) is 48.4 cm³/mol. The van der Waals surface area contributed by atoms with E-state index in [0.717, 1.165) is 0 Å². The van der Waals surface area contributed by atoms with Gasteiger partial charge in [-0.25, -0.2) is 13.8 Å². The van der Waals surface area contributed by atoms with E-state index in [1.165, 1.54) is 12.3 Å². The molecule has 0 fully saturated rings. The van der Waals surface area contributed by atoms with Gasteiger partial charge in [-0.2, -0.15) is 0 Å². The molecule has 1 aromatic heterocycles. The normalized spacial score (nSPS) is 10.5. The van der Waals surface area contributed by atoms with Crippen molar-refractivity contribution in [2.75, 3.05) is 6.61 Å². The molecule has 0 bridgehead atoms. The summed E-state index contributed by atoms with van der Waals surface area (Å²) in [5.74, 6) is 0.115. The molecule has 0 N–H and O–H groups in total. The standard InChI is InChI=1S/C7H5BrClF2NO/c8-5-1-4(9)2-12-7(5)13-3-6(10)11/h1-2,6H,3H2. The summed E-state index contributed by atoms with van der Waals surface area (Å²) in [6, 6.07) is 1.52. The first-order chi connectivity index (χ1) is 6.09. The number of aromatic nitrogens is 1. The number of alkyl halides is 2. The van der Waals surface area contributed by atoms with E-state index >= 15 is 0 Å². The zero-order valence-corrected chi connectivity index (χ0v) is 8.65. The van der Waals surface area contributed by atoms with Crippen LogP contribution in [-0.2, 0) is 0 Å². The van der Waals surface area contributed by atoms with E-state index in [9.17, 15) is 8.78 Å². The van der Waals surface area contributed by atoms with Crippen LogP contribution < -0.4 is 4.74 Å². The molecule has 0 aliphatic heterocycles. The van der Waals surface area contributed by atoms with Crippen LogP contribution in [0.2, 0.25) is 5.02 Å². The third-order valence-electron chi connectivity index (χ3n) is 1.12. The summed E-state index contributed by atoms with van der Waals surface area (Å²) in [5.41, 5.74) is 0. The summed E-state index contributed by atoms with van der Waals surface area (Å²) in [6.07, 6.45) is -1.18. The van der Waals surface area contributed by atoms with Crippen molar-refractivity contribution in [2.45, 2.75) is 6.43 Å². The van der Waals surface area contributed by atoms with E-state index in [0.29, 0.717) is 9.50 Å². The first kappa shape index (κ1) is 10.7. The van der Waals surface area contributed by atoms with Crippen LogP contribution in [0.15, 0.2) is 16.7 Å². The second kappa shape index (κ2) is 4.72. The van der Waals surface area contributed by atoms with E-state index in [1.54, 1.807) is 0 Å². The minimum Gasteiger partial charge on any atom is -0.471 e. The van der Waals surface area contributed by atoms with Gasteiger partial charge in [0, 0.05) is 6.20 Å². The lowest BCUT2D eigenvalue weighted by atomic mass is 10.5. The average Bonchev–Trinajstić information content (AvgIpc) is 2.02. The first-order valence-electron chi connectivity index (χ1n) is 3.31. The number of halogens is 4. The zero-order chi connectivity index (χ0) is 9.84. The molecule has 0 saturated heterocycles. The maximum Gasteiger partial charge on any atom is 0.272 e. The zero-order valence-electron chi connectivity index (χ0n) is 6.31. The Morgan fingerprint density at radius 2 is 2.31 bits per heavy atom. The minimum absolute atomic E-state index is 0.115. The van der Waals surface area contributed by atoms with Crippen molar-refractivity contribution in [1.82, 2.24) is 4.98 Å². The predicted octanol–water partition coefficient (Wildman–Crippen LogP) is 3.14. The maximum atomic E-state index is 11.7. The molecule has 0 spiro atoms. The van der Waals surface area contributed by atoms with E-state index in [-0.39, 0.29) is 5.88 Å². The Labute approximate surface area is 87.0 Å². The van der Waals surface area contributed by atoms with Crippen LogP contribution in [0.25, 0.3) is 0 Å². The highest BCUT2D eigenvalue weighted by Crippen LogP contribution is 2.25. The molecule has 13 heavy (non-hydrogen) atoms. The van der Waals surface area contributed by atoms with Gasteiger partial charge in [0.1, 0.15) is 0 Å². The first-order valence-corrected chi connectivity index (χ1v) is 4.48. The molecular formula is C7H5BrClF2NO. The summed E-state index contributed by atoms with van der Waals surface area (Å²) in [4.78, 5) is 3.72. The number of ether oxygens (including phenoxy) is 1. The van der Waals surface area contributed by atoms with Gasteiger partial charge in [-0.15, -0.1) is 0 Å². The summed E-state index contributed by atoms with van der Waals surface area (Å²) < 4.78 is 28.6. The van der Waals surface area contributed by atoms with Crippen LogP contribution in [0.4, 0.5) is 8.78 Å². The maximum absolute atomic E-state index is 11.7. The van der Waals surface area contributed by atoms with Gasteiger partial charge in [-0.05, 0) is 22.0 Å². The lowest BCUT2D eigenvalue weighted by Gasteiger charge is -2.05. The largest absolute Gasteiger partial charge is 0.471 e. The van der Waals surface area contributed by atoms with Crippen molar-refractivity contribution in [1.29, 1.82) is 0 Å².